The molecule has 0 bridgehead atoms. The molecule has 1 aromatic heterocycles. The number of imidazole rings is 1. The molecule has 1 N–H and O–H groups in total. The van der Waals surface area contributed by atoms with Gasteiger partial charge in [0, 0.05) is 26.2 Å². The lowest BCUT2D eigenvalue weighted by atomic mass is 10.1. The van der Waals surface area contributed by atoms with E-state index in [-0.39, 0.29) is 11.8 Å². The number of nitrogens with one attached hydrogen (secondary N) is 1. The summed E-state index contributed by atoms with van der Waals surface area (Å²) in [5.74, 6) is 0.160. The number of rotatable bonds is 4. The molecule has 6 heteroatoms. The molecule has 1 fully saturated rings. The van der Waals surface area contributed by atoms with Crippen LogP contribution in [0.5, 0.6) is 0 Å². The van der Waals surface area contributed by atoms with E-state index < -0.39 is 0 Å². The van der Waals surface area contributed by atoms with Crippen molar-refractivity contribution in [1.29, 1.82) is 0 Å². The van der Waals surface area contributed by atoms with Crippen LogP contribution in [-0.4, -0.2) is 39.4 Å². The summed E-state index contributed by atoms with van der Waals surface area (Å²) in [6.07, 6.45) is 6.14. The molecular weight excluding hydrogens is 352 g/mol. The summed E-state index contributed by atoms with van der Waals surface area (Å²) in [6, 6.07) is 8.09. The number of piperidine rings is 1. The van der Waals surface area contributed by atoms with Gasteiger partial charge < -0.3 is 14.8 Å². The Morgan fingerprint density at radius 1 is 1.07 bits per heavy atom. The predicted octanol–water partition coefficient (Wildman–Crippen LogP) is 3.08. The highest BCUT2D eigenvalue weighted by molar-refractivity contribution is 5.97. The van der Waals surface area contributed by atoms with Gasteiger partial charge in [-0.2, -0.15) is 0 Å². The SMILES string of the molecule is Cc1cccc(CNC(=O)c2nc(C(=O)N3CCCCC3)c3n2CCCC3)c1. The highest BCUT2D eigenvalue weighted by atomic mass is 16.2. The number of benzene rings is 1. The smallest absolute Gasteiger partial charge is 0.287 e. The van der Waals surface area contributed by atoms with Crippen molar-refractivity contribution in [3.8, 4) is 0 Å². The maximum absolute atomic E-state index is 13.0. The fourth-order valence-corrected chi connectivity index (χ4v) is 4.22. The third-order valence-corrected chi connectivity index (χ3v) is 5.70. The van der Waals surface area contributed by atoms with Crippen molar-refractivity contribution >= 4 is 11.8 Å². The number of carbonyl (C=O) groups excluding carboxylic acids is 2. The van der Waals surface area contributed by atoms with Crippen LogP contribution < -0.4 is 5.32 Å². The van der Waals surface area contributed by atoms with Gasteiger partial charge in [0.1, 0.15) is 5.69 Å². The molecule has 28 heavy (non-hydrogen) atoms. The Morgan fingerprint density at radius 2 is 1.86 bits per heavy atom. The van der Waals surface area contributed by atoms with E-state index in [4.69, 9.17) is 0 Å². The number of carbonyl (C=O) groups is 2. The van der Waals surface area contributed by atoms with Crippen LogP contribution in [0.15, 0.2) is 24.3 Å². The summed E-state index contributed by atoms with van der Waals surface area (Å²) < 4.78 is 1.96. The summed E-state index contributed by atoms with van der Waals surface area (Å²) >= 11 is 0. The van der Waals surface area contributed by atoms with Crippen molar-refractivity contribution in [3.05, 3.63) is 52.6 Å². The standard InChI is InChI=1S/C22H28N4O2/c1-16-8-7-9-17(14-16)15-23-21(27)20-24-19(18-10-3-6-13-26(18)20)22(28)25-11-4-2-5-12-25/h7-9,14H,2-6,10-13,15H2,1H3,(H,23,27). The number of hydrogen-bond acceptors (Lipinski definition) is 3. The minimum absolute atomic E-state index is 0.0110. The van der Waals surface area contributed by atoms with Crippen molar-refractivity contribution in [2.24, 2.45) is 0 Å². The van der Waals surface area contributed by atoms with Gasteiger partial charge in [-0.1, -0.05) is 29.8 Å². The number of amides is 2. The molecule has 6 nitrogen and oxygen atoms in total. The van der Waals surface area contributed by atoms with Gasteiger partial charge in [-0.05, 0) is 51.0 Å². The number of aromatic nitrogens is 2. The van der Waals surface area contributed by atoms with Crippen LogP contribution >= 0.6 is 0 Å². The quantitative estimate of drug-likeness (QED) is 0.886. The molecule has 2 aliphatic heterocycles. The van der Waals surface area contributed by atoms with Crippen molar-refractivity contribution in [2.75, 3.05) is 13.1 Å². The lowest BCUT2D eigenvalue weighted by molar-refractivity contribution is 0.0717. The van der Waals surface area contributed by atoms with E-state index in [1.165, 1.54) is 12.0 Å². The molecule has 3 heterocycles. The fraction of sp³-hybridized carbons (Fsp3) is 0.500. The Kier molecular flexibility index (Phi) is 5.46. The first kappa shape index (κ1) is 18.7. The molecule has 0 unspecified atom stereocenters. The van der Waals surface area contributed by atoms with Gasteiger partial charge in [0.25, 0.3) is 11.8 Å². The van der Waals surface area contributed by atoms with Crippen LogP contribution in [0.1, 0.15) is 70.0 Å². The monoisotopic (exact) mass is 380 g/mol. The molecule has 148 valence electrons. The zero-order valence-corrected chi connectivity index (χ0v) is 16.5. The average molecular weight is 380 g/mol. The number of hydrogen-bond donors (Lipinski definition) is 1. The largest absolute Gasteiger partial charge is 0.345 e. The van der Waals surface area contributed by atoms with Crippen LogP contribution in [0.4, 0.5) is 0 Å². The lowest BCUT2D eigenvalue weighted by Gasteiger charge is -2.26. The van der Waals surface area contributed by atoms with Gasteiger partial charge in [-0.15, -0.1) is 0 Å². The van der Waals surface area contributed by atoms with E-state index in [9.17, 15) is 9.59 Å². The lowest BCUT2D eigenvalue weighted by Crippen LogP contribution is -2.36. The van der Waals surface area contributed by atoms with Crippen LogP contribution in [0, 0.1) is 6.92 Å². The Hall–Kier alpha value is -2.63. The van der Waals surface area contributed by atoms with Gasteiger partial charge in [0.05, 0.1) is 5.69 Å². The molecule has 2 aliphatic rings. The summed E-state index contributed by atoms with van der Waals surface area (Å²) in [4.78, 5) is 32.4. The van der Waals surface area contributed by atoms with Gasteiger partial charge in [0.15, 0.2) is 5.82 Å². The first-order chi connectivity index (χ1) is 13.6. The van der Waals surface area contributed by atoms with E-state index in [2.05, 4.69) is 16.4 Å². The minimum atomic E-state index is -0.206. The Balaban J connectivity index is 1.55. The molecule has 0 atom stereocenters. The van der Waals surface area contributed by atoms with Gasteiger partial charge in [-0.25, -0.2) is 4.98 Å². The normalized spacial score (nSPS) is 16.5. The van der Waals surface area contributed by atoms with Crippen LogP contribution in [-0.2, 0) is 19.5 Å². The second-order valence-corrected chi connectivity index (χ2v) is 7.86. The van der Waals surface area contributed by atoms with E-state index in [1.807, 2.05) is 34.6 Å². The highest BCUT2D eigenvalue weighted by Gasteiger charge is 2.30. The van der Waals surface area contributed by atoms with Gasteiger partial charge >= 0.3 is 0 Å². The molecule has 0 radical (unpaired) electrons. The Morgan fingerprint density at radius 3 is 2.64 bits per heavy atom. The zero-order chi connectivity index (χ0) is 19.5. The topological polar surface area (TPSA) is 67.2 Å². The average Bonchev–Trinajstić information content (AvgIpc) is 3.12. The summed E-state index contributed by atoms with van der Waals surface area (Å²) in [6.45, 7) is 4.83. The number of nitrogens with zero attached hydrogens (tertiary/aromatic N) is 3. The molecule has 0 saturated carbocycles. The van der Waals surface area contributed by atoms with Crippen LogP contribution in [0.25, 0.3) is 0 Å². The van der Waals surface area contributed by atoms with E-state index in [0.717, 1.165) is 63.0 Å². The molecule has 1 aromatic carbocycles. The third kappa shape index (κ3) is 3.81. The van der Waals surface area contributed by atoms with E-state index >= 15 is 0 Å². The number of aryl methyl sites for hydroxylation is 1. The second kappa shape index (κ2) is 8.17. The maximum Gasteiger partial charge on any atom is 0.287 e. The highest BCUT2D eigenvalue weighted by Crippen LogP contribution is 2.23. The molecule has 0 aliphatic carbocycles. The molecule has 4 rings (SSSR count). The summed E-state index contributed by atoms with van der Waals surface area (Å²) in [5.41, 5.74) is 3.65. The second-order valence-electron chi connectivity index (χ2n) is 7.86. The van der Waals surface area contributed by atoms with Crippen molar-refractivity contribution < 1.29 is 9.59 Å². The fourth-order valence-electron chi connectivity index (χ4n) is 4.22. The predicted molar refractivity (Wildman–Crippen MR) is 107 cm³/mol. The molecule has 1 saturated heterocycles. The summed E-state index contributed by atoms with van der Waals surface area (Å²) in [7, 11) is 0. The maximum atomic E-state index is 13.0. The van der Waals surface area contributed by atoms with Crippen molar-refractivity contribution in [1.82, 2.24) is 19.8 Å². The first-order valence-electron chi connectivity index (χ1n) is 10.4. The van der Waals surface area contributed by atoms with Gasteiger partial charge in [0.2, 0.25) is 0 Å². The van der Waals surface area contributed by atoms with Gasteiger partial charge in [-0.3, -0.25) is 9.59 Å². The zero-order valence-electron chi connectivity index (χ0n) is 16.5. The molecular formula is C22H28N4O2. The molecule has 2 amide bonds. The third-order valence-electron chi connectivity index (χ3n) is 5.70. The first-order valence-corrected chi connectivity index (χ1v) is 10.4. The molecule has 0 spiro atoms. The summed E-state index contributed by atoms with van der Waals surface area (Å²) in [5, 5.41) is 2.98. The van der Waals surface area contributed by atoms with Crippen molar-refractivity contribution in [2.45, 2.75) is 58.5 Å². The molecule has 2 aromatic rings. The Labute approximate surface area is 165 Å². The van der Waals surface area contributed by atoms with E-state index in [0.29, 0.717) is 18.1 Å². The Bertz CT molecular complexity index is 881. The number of likely N-dealkylation sites (tertiary alicyclic amines) is 1. The van der Waals surface area contributed by atoms with E-state index in [1.54, 1.807) is 0 Å². The minimum Gasteiger partial charge on any atom is -0.345 e. The van der Waals surface area contributed by atoms with Crippen LogP contribution in [0.2, 0.25) is 0 Å². The van der Waals surface area contributed by atoms with Crippen molar-refractivity contribution in [3.63, 3.8) is 0 Å². The van der Waals surface area contributed by atoms with Crippen LogP contribution in [0.3, 0.4) is 0 Å². The number of fused-ring (bicyclic) bond motifs is 1.